The first-order chi connectivity index (χ1) is 15.0. The molecular weight excluding hydrogens is 437 g/mol. The second kappa shape index (κ2) is 9.32. The molecule has 4 aromatic rings. The molecule has 0 aliphatic heterocycles. The number of aryl methyl sites for hydroxylation is 2. The van der Waals surface area contributed by atoms with Gasteiger partial charge in [-0.1, -0.05) is 23.2 Å². The molecule has 7 nitrogen and oxygen atoms in total. The van der Waals surface area contributed by atoms with Gasteiger partial charge in [0.1, 0.15) is 11.6 Å². The Kier molecular flexibility index (Phi) is 6.34. The molecule has 1 amide bonds. The van der Waals surface area contributed by atoms with E-state index in [0.717, 1.165) is 17.2 Å². The summed E-state index contributed by atoms with van der Waals surface area (Å²) >= 11 is 12.1. The monoisotopic (exact) mass is 455 g/mol. The Bertz CT molecular complexity index is 1220. The third-order valence-electron chi connectivity index (χ3n) is 4.69. The van der Waals surface area contributed by atoms with Gasteiger partial charge in [0.15, 0.2) is 11.7 Å². The van der Waals surface area contributed by atoms with Gasteiger partial charge in [0.25, 0.3) is 0 Å². The molecule has 1 N–H and O–H groups in total. The van der Waals surface area contributed by atoms with Gasteiger partial charge in [-0.3, -0.25) is 9.36 Å². The molecule has 0 fully saturated rings. The molecule has 0 radical (unpaired) electrons. The van der Waals surface area contributed by atoms with E-state index in [1.807, 2.05) is 29.8 Å². The smallest absolute Gasteiger partial charge is 0.220 e. The Labute approximate surface area is 189 Å². The zero-order chi connectivity index (χ0) is 21.8. The molecule has 3 aromatic heterocycles. The maximum atomic E-state index is 12.3. The standard InChI is InChI=1S/C22H19Cl2N5O2/c1-14-25-8-9-29(14)20-10-15(6-7-26-20)12-27-21(30)4-5-22-28-13-19(31-22)17-3-2-16(23)11-18(17)24/h2-3,6-11,13H,4-5,12H2,1H3,(H,27,30). The summed E-state index contributed by atoms with van der Waals surface area (Å²) in [6.45, 7) is 2.31. The molecule has 0 unspecified atom stereocenters. The first-order valence-corrected chi connectivity index (χ1v) is 10.4. The zero-order valence-electron chi connectivity index (χ0n) is 16.7. The van der Waals surface area contributed by atoms with E-state index in [9.17, 15) is 4.79 Å². The lowest BCUT2D eigenvalue weighted by molar-refractivity contribution is -0.121. The summed E-state index contributed by atoms with van der Waals surface area (Å²) in [6, 6.07) is 8.94. The van der Waals surface area contributed by atoms with Crippen LogP contribution in [0.25, 0.3) is 17.1 Å². The van der Waals surface area contributed by atoms with Gasteiger partial charge in [-0.2, -0.15) is 0 Å². The predicted octanol–water partition coefficient (Wildman–Crippen LogP) is 4.79. The number of aromatic nitrogens is 4. The minimum absolute atomic E-state index is 0.0959. The fourth-order valence-corrected chi connectivity index (χ4v) is 3.57. The van der Waals surface area contributed by atoms with Crippen molar-refractivity contribution < 1.29 is 9.21 Å². The number of halogens is 2. The van der Waals surface area contributed by atoms with Crippen LogP contribution in [0.4, 0.5) is 0 Å². The Morgan fingerprint density at radius 1 is 1.13 bits per heavy atom. The van der Waals surface area contributed by atoms with Gasteiger partial charge >= 0.3 is 0 Å². The molecule has 31 heavy (non-hydrogen) atoms. The Balaban J connectivity index is 1.31. The molecule has 0 saturated heterocycles. The van der Waals surface area contributed by atoms with Crippen molar-refractivity contribution in [1.29, 1.82) is 0 Å². The number of carbonyl (C=O) groups excluding carboxylic acids is 1. The average Bonchev–Trinajstić information content (AvgIpc) is 3.40. The van der Waals surface area contributed by atoms with Gasteiger partial charge in [-0.25, -0.2) is 15.0 Å². The molecule has 3 heterocycles. The lowest BCUT2D eigenvalue weighted by atomic mass is 10.2. The van der Waals surface area contributed by atoms with Gasteiger partial charge in [0.05, 0.1) is 11.2 Å². The molecule has 0 aliphatic rings. The van der Waals surface area contributed by atoms with Crippen LogP contribution >= 0.6 is 23.2 Å². The molecule has 0 bridgehead atoms. The van der Waals surface area contributed by atoms with Gasteiger partial charge in [-0.15, -0.1) is 0 Å². The normalized spacial score (nSPS) is 10.9. The van der Waals surface area contributed by atoms with E-state index < -0.39 is 0 Å². The van der Waals surface area contributed by atoms with Gasteiger partial charge in [0.2, 0.25) is 5.91 Å². The lowest BCUT2D eigenvalue weighted by Gasteiger charge is -2.08. The van der Waals surface area contributed by atoms with E-state index in [4.69, 9.17) is 27.6 Å². The highest BCUT2D eigenvalue weighted by Gasteiger charge is 2.12. The molecule has 0 spiro atoms. The van der Waals surface area contributed by atoms with Crippen molar-refractivity contribution in [3.8, 4) is 17.1 Å². The molecule has 158 valence electrons. The van der Waals surface area contributed by atoms with Crippen LogP contribution in [0, 0.1) is 6.92 Å². The second-order valence-electron chi connectivity index (χ2n) is 6.89. The van der Waals surface area contributed by atoms with Crippen LogP contribution in [0.5, 0.6) is 0 Å². The Morgan fingerprint density at radius 3 is 2.77 bits per heavy atom. The van der Waals surface area contributed by atoms with Crippen molar-refractivity contribution in [3.05, 3.63) is 82.4 Å². The SMILES string of the molecule is Cc1nccn1-c1cc(CNC(=O)CCc2ncc(-c3ccc(Cl)cc3Cl)o2)ccn1. The van der Waals surface area contributed by atoms with Crippen LogP contribution < -0.4 is 5.32 Å². The van der Waals surface area contributed by atoms with Gasteiger partial charge < -0.3 is 9.73 Å². The summed E-state index contributed by atoms with van der Waals surface area (Å²) in [7, 11) is 0. The Morgan fingerprint density at radius 2 is 2.00 bits per heavy atom. The number of oxazole rings is 1. The van der Waals surface area contributed by atoms with Crippen LogP contribution in [-0.2, 0) is 17.8 Å². The number of hydrogen-bond acceptors (Lipinski definition) is 5. The molecule has 0 saturated carbocycles. The molecule has 4 rings (SSSR count). The number of amides is 1. The summed E-state index contributed by atoms with van der Waals surface area (Å²) < 4.78 is 7.62. The first-order valence-electron chi connectivity index (χ1n) is 9.61. The quantitative estimate of drug-likeness (QED) is 0.432. The minimum atomic E-state index is -0.0959. The van der Waals surface area contributed by atoms with E-state index in [0.29, 0.717) is 40.2 Å². The fraction of sp³-hybridized carbons (Fsp3) is 0.182. The molecule has 9 heteroatoms. The number of benzene rings is 1. The van der Waals surface area contributed by atoms with Crippen LogP contribution in [0.1, 0.15) is 23.7 Å². The summed E-state index contributed by atoms with van der Waals surface area (Å²) in [5.41, 5.74) is 1.65. The van der Waals surface area contributed by atoms with E-state index >= 15 is 0 Å². The van der Waals surface area contributed by atoms with E-state index in [1.165, 1.54) is 0 Å². The number of nitrogens with zero attached hydrogens (tertiary/aromatic N) is 4. The predicted molar refractivity (Wildman–Crippen MR) is 118 cm³/mol. The highest BCUT2D eigenvalue weighted by molar-refractivity contribution is 6.36. The maximum Gasteiger partial charge on any atom is 0.220 e. The largest absolute Gasteiger partial charge is 0.441 e. The number of hydrogen-bond donors (Lipinski definition) is 1. The highest BCUT2D eigenvalue weighted by Crippen LogP contribution is 2.30. The van der Waals surface area contributed by atoms with Crippen molar-refractivity contribution >= 4 is 29.1 Å². The number of pyridine rings is 1. The number of rotatable bonds is 7. The second-order valence-corrected chi connectivity index (χ2v) is 7.73. The molecule has 0 atom stereocenters. The number of carbonyl (C=O) groups is 1. The molecule has 0 aliphatic carbocycles. The third kappa shape index (κ3) is 5.13. The summed E-state index contributed by atoms with van der Waals surface area (Å²) in [6.07, 6.45) is 7.52. The van der Waals surface area contributed by atoms with Crippen LogP contribution in [0.2, 0.25) is 10.0 Å². The number of nitrogens with one attached hydrogen (secondary N) is 1. The summed E-state index contributed by atoms with van der Waals surface area (Å²) in [5, 5.41) is 3.94. The highest BCUT2D eigenvalue weighted by atomic mass is 35.5. The van der Waals surface area contributed by atoms with E-state index in [1.54, 1.807) is 36.8 Å². The summed E-state index contributed by atoms with van der Waals surface area (Å²) in [5.74, 6) is 2.52. The lowest BCUT2D eigenvalue weighted by Crippen LogP contribution is -2.23. The van der Waals surface area contributed by atoms with E-state index in [-0.39, 0.29) is 12.3 Å². The van der Waals surface area contributed by atoms with Crippen molar-refractivity contribution in [1.82, 2.24) is 24.8 Å². The molecule has 1 aromatic carbocycles. The van der Waals surface area contributed by atoms with Crippen LogP contribution in [-0.4, -0.2) is 25.4 Å². The number of imidazole rings is 1. The van der Waals surface area contributed by atoms with Crippen LogP contribution in [0.15, 0.2) is 59.5 Å². The van der Waals surface area contributed by atoms with Crippen molar-refractivity contribution in [3.63, 3.8) is 0 Å². The zero-order valence-corrected chi connectivity index (χ0v) is 18.2. The fourth-order valence-electron chi connectivity index (χ4n) is 3.07. The van der Waals surface area contributed by atoms with Gasteiger partial charge in [0, 0.05) is 48.6 Å². The first kappa shape index (κ1) is 21.1. The average molecular weight is 456 g/mol. The van der Waals surface area contributed by atoms with Crippen LogP contribution in [0.3, 0.4) is 0 Å². The van der Waals surface area contributed by atoms with E-state index in [2.05, 4.69) is 20.3 Å². The maximum absolute atomic E-state index is 12.3. The minimum Gasteiger partial charge on any atom is -0.441 e. The van der Waals surface area contributed by atoms with Gasteiger partial charge in [-0.05, 0) is 42.8 Å². The van der Waals surface area contributed by atoms with Crippen molar-refractivity contribution in [2.45, 2.75) is 26.3 Å². The molecular formula is C22H19Cl2N5O2. The van der Waals surface area contributed by atoms with Crippen molar-refractivity contribution in [2.75, 3.05) is 0 Å². The Hall–Kier alpha value is -3.16. The summed E-state index contributed by atoms with van der Waals surface area (Å²) in [4.78, 5) is 25.1. The topological polar surface area (TPSA) is 85.8 Å². The third-order valence-corrected chi connectivity index (χ3v) is 5.24. The van der Waals surface area contributed by atoms with Crippen molar-refractivity contribution in [2.24, 2.45) is 0 Å².